The average molecular weight is 1090 g/mol. The minimum absolute atomic E-state index is 0.0116. The van der Waals surface area contributed by atoms with Crippen LogP contribution in [0.5, 0.6) is 0 Å². The fourth-order valence-corrected chi connectivity index (χ4v) is 12.0. The van der Waals surface area contributed by atoms with E-state index in [1.54, 1.807) is 11.8 Å². The number of allylic oxidation sites excluding steroid dienone is 1. The van der Waals surface area contributed by atoms with E-state index >= 15 is 0 Å². The second-order valence-electron chi connectivity index (χ2n) is 20.1. The summed E-state index contributed by atoms with van der Waals surface area (Å²) in [6.45, 7) is 9.31. The first kappa shape index (κ1) is 56.5. The molecule has 4 atom stereocenters. The lowest BCUT2D eigenvalue weighted by Crippen LogP contribution is -2.46. The van der Waals surface area contributed by atoms with Crippen LogP contribution < -0.4 is 25.2 Å². The molecule has 0 bridgehead atoms. The maximum absolute atomic E-state index is 14.5. The van der Waals surface area contributed by atoms with Gasteiger partial charge in [-0.25, -0.2) is 4.21 Å². The molecule has 16 nitrogen and oxygen atoms in total. The van der Waals surface area contributed by atoms with Gasteiger partial charge in [0.2, 0.25) is 0 Å². The van der Waals surface area contributed by atoms with Crippen molar-refractivity contribution < 1.29 is 24.1 Å². The normalized spacial score (nSPS) is 17.7. The van der Waals surface area contributed by atoms with Crippen molar-refractivity contribution in [3.8, 4) is 22.3 Å². The second-order valence-corrected chi connectivity index (χ2v) is 23.0. The summed E-state index contributed by atoms with van der Waals surface area (Å²) in [5, 5.41) is 39.2. The van der Waals surface area contributed by atoms with Crippen molar-refractivity contribution in [3.63, 3.8) is 0 Å². The Kier molecular flexibility index (Phi) is 20.5. The first-order chi connectivity index (χ1) is 36.8. The van der Waals surface area contributed by atoms with Crippen molar-refractivity contribution in [2.75, 3.05) is 120 Å². The molecule has 2 aliphatic heterocycles. The molecule has 19 heteroatoms. The third kappa shape index (κ3) is 15.5. The molecule has 1 aromatic heterocycles. The van der Waals surface area contributed by atoms with Crippen LogP contribution in [0.15, 0.2) is 138 Å². The molecular weight excluding hydrogens is 1020 g/mol. The minimum Gasteiger partial charge on any atom is -0.394 e. The molecule has 3 aliphatic rings. The maximum atomic E-state index is 14.5. The van der Waals surface area contributed by atoms with Gasteiger partial charge >= 0.3 is 0 Å². The third-order valence-electron chi connectivity index (χ3n) is 14.3. The Morgan fingerprint density at radius 2 is 1.59 bits per heavy atom. The van der Waals surface area contributed by atoms with Crippen molar-refractivity contribution >= 4 is 57.3 Å². The third-order valence-corrected chi connectivity index (χ3v) is 17.0. The summed E-state index contributed by atoms with van der Waals surface area (Å²) in [5.41, 5.74) is 7.09. The summed E-state index contributed by atoms with van der Waals surface area (Å²) in [6.07, 6.45) is 6.68. The maximum Gasteiger partial charge on any atom is 0.289 e. The number of piperazine rings is 2. The van der Waals surface area contributed by atoms with Crippen molar-refractivity contribution in [3.05, 3.63) is 154 Å². The fourth-order valence-electron chi connectivity index (χ4n) is 9.83. The number of hydrogen-bond acceptors (Lipinski definition) is 13. The van der Waals surface area contributed by atoms with Crippen molar-refractivity contribution in [1.82, 2.24) is 29.9 Å². The highest BCUT2D eigenvalue weighted by atomic mass is 35.5. The Labute approximate surface area is 459 Å². The number of halogens is 1. The predicted octanol–water partition coefficient (Wildman–Crippen LogP) is 7.51. The Bertz CT molecular complexity index is 2780. The Morgan fingerprint density at radius 1 is 0.882 bits per heavy atom. The molecule has 3 heterocycles. The van der Waals surface area contributed by atoms with E-state index in [-0.39, 0.29) is 35.6 Å². The second kappa shape index (κ2) is 27.6. The molecule has 5 aromatic rings. The number of nitro groups is 1. The van der Waals surface area contributed by atoms with Gasteiger partial charge in [-0.2, -0.15) is 0 Å². The van der Waals surface area contributed by atoms with Gasteiger partial charge in [0.25, 0.3) is 11.6 Å². The molecule has 2 fully saturated rings. The van der Waals surface area contributed by atoms with Crippen LogP contribution in [-0.4, -0.2) is 167 Å². The highest BCUT2D eigenvalue weighted by Gasteiger charge is 2.30. The number of carbonyl (C=O) groups is 1. The summed E-state index contributed by atoms with van der Waals surface area (Å²) in [7, 11) is 4.55. The van der Waals surface area contributed by atoms with Gasteiger partial charge < -0.3 is 54.6 Å². The summed E-state index contributed by atoms with van der Waals surface area (Å²) >= 11 is 8.08. The predicted molar refractivity (Wildman–Crippen MR) is 310 cm³/mol. The lowest BCUT2D eigenvalue weighted by Gasteiger charge is -2.37. The number of aliphatic hydroxyl groups is 2. The fraction of sp³-hybridized carbons (Fsp3) is 0.421. The van der Waals surface area contributed by atoms with Crippen LogP contribution in [0.3, 0.4) is 0 Å². The van der Waals surface area contributed by atoms with E-state index in [0.717, 1.165) is 123 Å². The highest BCUT2D eigenvalue weighted by molar-refractivity contribution is 7.99. The molecule has 0 radical (unpaired) electrons. The summed E-state index contributed by atoms with van der Waals surface area (Å²) < 4.78 is 18.7. The van der Waals surface area contributed by atoms with Gasteiger partial charge in [-0.1, -0.05) is 60.1 Å². The molecule has 0 spiro atoms. The number of rotatable bonds is 25. The first-order valence-electron chi connectivity index (χ1n) is 26.3. The molecule has 4 aromatic carbocycles. The number of anilines is 3. The largest absolute Gasteiger partial charge is 0.394 e. The minimum atomic E-state index is -1.62. The number of carbonyl (C=O) groups excluding carboxylic acids is 1. The van der Waals surface area contributed by atoms with Crippen molar-refractivity contribution in [1.29, 1.82) is 0 Å². The van der Waals surface area contributed by atoms with Gasteiger partial charge in [0, 0.05) is 128 Å². The quantitative estimate of drug-likeness (QED) is 0.0168. The molecule has 5 N–H and O–H groups in total. The lowest BCUT2D eigenvalue weighted by molar-refractivity contribution is -0.421. The zero-order chi connectivity index (χ0) is 53.6. The Hall–Kier alpha value is -5.70. The van der Waals surface area contributed by atoms with Gasteiger partial charge in [-0.15, -0.1) is 11.8 Å². The number of benzene rings is 4. The Morgan fingerprint density at radius 3 is 2.28 bits per heavy atom. The van der Waals surface area contributed by atoms with E-state index < -0.39 is 22.3 Å². The van der Waals surface area contributed by atoms with Crippen LogP contribution in [0, 0.1) is 10.1 Å². The van der Waals surface area contributed by atoms with Gasteiger partial charge in [-0.3, -0.25) is 14.9 Å². The zero-order valence-electron chi connectivity index (χ0n) is 43.9. The van der Waals surface area contributed by atoms with Gasteiger partial charge in [0.05, 0.1) is 22.9 Å². The van der Waals surface area contributed by atoms with Crippen LogP contribution in [-0.2, 0) is 17.5 Å². The van der Waals surface area contributed by atoms with Crippen LogP contribution in [0.2, 0.25) is 5.02 Å². The van der Waals surface area contributed by atoms with E-state index in [1.165, 1.54) is 6.08 Å². The molecule has 76 heavy (non-hydrogen) atoms. The van der Waals surface area contributed by atoms with Crippen LogP contribution in [0.4, 0.5) is 17.1 Å². The number of amides is 1. The number of nitrogens with one attached hydrogen (secondary N) is 3. The number of nitrogens with zero attached hydrogens (tertiary/aromatic N) is 7. The highest BCUT2D eigenvalue weighted by Crippen LogP contribution is 2.39. The molecule has 8 rings (SSSR count). The number of aliphatic hydroxyl groups excluding tert-OH is 2. The van der Waals surface area contributed by atoms with Crippen molar-refractivity contribution in [2.45, 2.75) is 54.5 Å². The smallest absolute Gasteiger partial charge is 0.289 e. The SMILES string of the molecule is CN(C)CCC(CSc1ccccc1)NC1=CCC(S(=O)Nc2ccc(N3CCN(c4cccc(-c5c(-c6ccc(Cl)cc6)cn(CC[C@H](O)CO)c5C(=O)NCCCN5CCN(C)CC5)c4)CC3)cc2)C=C1[N+](=O)[O-]. The van der Waals surface area contributed by atoms with E-state index in [2.05, 4.69) is 71.2 Å². The number of aryl methyl sites for hydroxylation is 1. The molecule has 1 aliphatic carbocycles. The van der Waals surface area contributed by atoms with Crippen molar-refractivity contribution in [2.24, 2.45) is 0 Å². The van der Waals surface area contributed by atoms with Crippen LogP contribution in [0.25, 0.3) is 22.3 Å². The number of likely N-dealkylation sites (N-methyl/N-ethyl adjacent to an activating group) is 1. The van der Waals surface area contributed by atoms with Gasteiger partial charge in [-0.05, 0) is 132 Å². The monoisotopic (exact) mass is 1090 g/mol. The van der Waals surface area contributed by atoms with E-state index in [0.29, 0.717) is 41.6 Å². The number of thioether (sulfide) groups is 1. The average Bonchev–Trinajstić information content (AvgIpc) is 3.87. The first-order valence-corrected chi connectivity index (χ1v) is 28.9. The summed E-state index contributed by atoms with van der Waals surface area (Å²) in [6, 6.07) is 33.9. The summed E-state index contributed by atoms with van der Waals surface area (Å²) in [4.78, 5) is 39.2. The molecule has 3 unspecified atom stereocenters. The summed E-state index contributed by atoms with van der Waals surface area (Å²) in [5.74, 6) is 0.546. The number of hydrogen-bond donors (Lipinski definition) is 5. The van der Waals surface area contributed by atoms with E-state index in [1.807, 2.05) is 110 Å². The van der Waals surface area contributed by atoms with Crippen LogP contribution >= 0.6 is 23.4 Å². The van der Waals surface area contributed by atoms with Crippen LogP contribution in [0.1, 0.15) is 36.2 Å². The molecule has 1 amide bonds. The van der Waals surface area contributed by atoms with Gasteiger partial charge in [0.15, 0.2) is 0 Å². The molecule has 2 saturated heterocycles. The molecular formula is C57H73ClN10O6S2. The Balaban J connectivity index is 0.916. The van der Waals surface area contributed by atoms with E-state index in [4.69, 9.17) is 11.6 Å². The zero-order valence-corrected chi connectivity index (χ0v) is 46.2. The molecule has 406 valence electrons. The number of aromatic nitrogens is 1. The standard InChI is InChI=1S/C57H73ClN10O6S2/c1-62(2)27-23-46(41-75-50-11-5-4-6-12-50)60-53-22-21-51(38-54(53)68(72)73)76(74)61-45-17-19-47(20-18-45)65-33-35-66(36-34-65)48-10-7-9-43(37-48)55-52(42-13-15-44(58)16-14-42)39-67(28-24-49(70)40-69)56(55)57(71)59-25-8-26-64-31-29-63(3)30-32-64/h4-7,9-20,22,37-39,46,49,51,60-61,69-70H,8,21,23-36,40-41H2,1-3H3,(H,59,71)/t46?,49-,51?,76?/m0/s1. The van der Waals surface area contributed by atoms with E-state index in [9.17, 15) is 29.3 Å². The van der Waals surface area contributed by atoms with Gasteiger partial charge in [0.1, 0.15) is 22.4 Å². The lowest BCUT2D eigenvalue weighted by atomic mass is 9.95. The topological polar surface area (TPSA) is 175 Å². The molecule has 0 saturated carbocycles.